The highest BCUT2D eigenvalue weighted by atomic mass is 32.2. The van der Waals surface area contributed by atoms with Crippen molar-refractivity contribution in [3.63, 3.8) is 0 Å². The number of Topliss-reactive ketones (excluding diaryl/α,β-unsaturated/α-hetero) is 1. The highest BCUT2D eigenvalue weighted by Gasteiger charge is 2.18. The summed E-state index contributed by atoms with van der Waals surface area (Å²) >= 11 is 1.56. The second kappa shape index (κ2) is 9.77. The predicted octanol–water partition coefficient (Wildman–Crippen LogP) is 3.94. The molecule has 0 unspecified atom stereocenters. The molecule has 5 nitrogen and oxygen atoms in total. The smallest absolute Gasteiger partial charge is 0.307 e. The molecule has 2 rings (SSSR count). The standard InChI is InChI=1S/C20H21NO4S/c1-14(22)16-7-6-8-17(13-16)21-20(24)15(2)25-19(23)11-12-26-18-9-4-3-5-10-18/h3-10,13,15H,11-12H2,1-2H3,(H,21,24)/t15-/m1/s1. The monoisotopic (exact) mass is 371 g/mol. The molecule has 6 heteroatoms. The Balaban J connectivity index is 1.78. The Hall–Kier alpha value is -2.60. The molecule has 0 saturated heterocycles. The van der Waals surface area contributed by atoms with Gasteiger partial charge in [0.15, 0.2) is 11.9 Å². The molecule has 0 aliphatic heterocycles. The van der Waals surface area contributed by atoms with Crippen LogP contribution < -0.4 is 5.32 Å². The fourth-order valence-electron chi connectivity index (χ4n) is 2.14. The fourth-order valence-corrected chi connectivity index (χ4v) is 2.99. The molecule has 0 fully saturated rings. The van der Waals surface area contributed by atoms with Crippen LogP contribution in [0.2, 0.25) is 0 Å². The highest BCUT2D eigenvalue weighted by molar-refractivity contribution is 7.99. The second-order valence-electron chi connectivity index (χ2n) is 5.67. The van der Waals surface area contributed by atoms with E-state index in [-0.39, 0.29) is 12.2 Å². The molecule has 0 heterocycles. The predicted molar refractivity (Wildman–Crippen MR) is 102 cm³/mol. The van der Waals surface area contributed by atoms with Crippen LogP contribution in [0.1, 0.15) is 30.6 Å². The lowest BCUT2D eigenvalue weighted by Crippen LogP contribution is -2.30. The molecule has 1 atom stereocenters. The van der Waals surface area contributed by atoms with Gasteiger partial charge >= 0.3 is 5.97 Å². The third-order valence-corrected chi connectivity index (χ3v) is 4.55. The topological polar surface area (TPSA) is 72.5 Å². The minimum Gasteiger partial charge on any atom is -0.453 e. The normalized spacial score (nSPS) is 11.5. The van der Waals surface area contributed by atoms with Crippen molar-refractivity contribution in [1.29, 1.82) is 0 Å². The first-order valence-corrected chi connectivity index (χ1v) is 9.23. The van der Waals surface area contributed by atoms with Crippen LogP contribution in [0.3, 0.4) is 0 Å². The molecule has 136 valence electrons. The van der Waals surface area contributed by atoms with Crippen molar-refractivity contribution in [2.45, 2.75) is 31.3 Å². The molecule has 26 heavy (non-hydrogen) atoms. The number of thioether (sulfide) groups is 1. The van der Waals surface area contributed by atoms with Gasteiger partial charge in [-0.2, -0.15) is 0 Å². The van der Waals surface area contributed by atoms with Crippen molar-refractivity contribution in [3.05, 3.63) is 60.2 Å². The minimum atomic E-state index is -0.912. The molecular formula is C20H21NO4S. The number of esters is 1. The van der Waals surface area contributed by atoms with E-state index < -0.39 is 18.0 Å². The number of ketones is 1. The van der Waals surface area contributed by atoms with E-state index in [1.807, 2.05) is 30.3 Å². The summed E-state index contributed by atoms with van der Waals surface area (Å²) in [6.45, 7) is 2.98. The Morgan fingerprint density at radius 3 is 2.50 bits per heavy atom. The third-order valence-electron chi connectivity index (χ3n) is 3.53. The molecule has 0 bridgehead atoms. The maximum Gasteiger partial charge on any atom is 0.307 e. The van der Waals surface area contributed by atoms with E-state index in [2.05, 4.69) is 5.32 Å². The summed E-state index contributed by atoms with van der Waals surface area (Å²) in [6, 6.07) is 16.4. The van der Waals surface area contributed by atoms with Crippen molar-refractivity contribution < 1.29 is 19.1 Å². The lowest BCUT2D eigenvalue weighted by Gasteiger charge is -2.14. The van der Waals surface area contributed by atoms with E-state index in [9.17, 15) is 14.4 Å². The summed E-state index contributed by atoms with van der Waals surface area (Å²) in [4.78, 5) is 36.5. The van der Waals surface area contributed by atoms with Gasteiger partial charge < -0.3 is 10.1 Å². The van der Waals surface area contributed by atoms with E-state index in [1.165, 1.54) is 13.8 Å². The number of carbonyl (C=O) groups is 3. The molecule has 0 saturated carbocycles. The molecule has 1 N–H and O–H groups in total. The molecule has 0 aliphatic rings. The molecule has 0 radical (unpaired) electrons. The van der Waals surface area contributed by atoms with Crippen molar-refractivity contribution >= 4 is 35.1 Å². The van der Waals surface area contributed by atoms with E-state index in [0.29, 0.717) is 17.0 Å². The van der Waals surface area contributed by atoms with E-state index >= 15 is 0 Å². The van der Waals surface area contributed by atoms with Crippen LogP contribution in [0.15, 0.2) is 59.5 Å². The number of benzene rings is 2. The summed E-state index contributed by atoms with van der Waals surface area (Å²) < 4.78 is 5.17. The van der Waals surface area contributed by atoms with Crippen molar-refractivity contribution in [1.82, 2.24) is 0 Å². The first kappa shape index (κ1) is 19.7. The van der Waals surface area contributed by atoms with Crippen LogP contribution in [0.4, 0.5) is 5.69 Å². The first-order valence-electron chi connectivity index (χ1n) is 8.25. The van der Waals surface area contributed by atoms with Crippen molar-refractivity contribution in [3.8, 4) is 0 Å². The average Bonchev–Trinajstić information content (AvgIpc) is 2.62. The van der Waals surface area contributed by atoms with Gasteiger partial charge in [0.05, 0.1) is 6.42 Å². The van der Waals surface area contributed by atoms with Crippen LogP contribution in [-0.2, 0) is 14.3 Å². The van der Waals surface area contributed by atoms with Crippen molar-refractivity contribution in [2.24, 2.45) is 0 Å². The number of hydrogen-bond acceptors (Lipinski definition) is 5. The summed E-state index contributed by atoms with van der Waals surface area (Å²) in [6.07, 6.45) is -0.693. The lowest BCUT2D eigenvalue weighted by molar-refractivity contribution is -0.152. The molecular weight excluding hydrogens is 350 g/mol. The maximum absolute atomic E-state index is 12.1. The second-order valence-corrected chi connectivity index (χ2v) is 6.84. The van der Waals surface area contributed by atoms with Gasteiger partial charge in [0.1, 0.15) is 0 Å². The summed E-state index contributed by atoms with van der Waals surface area (Å²) in [7, 11) is 0. The Labute approximate surface area is 157 Å². The molecule has 0 spiro atoms. The highest BCUT2D eigenvalue weighted by Crippen LogP contribution is 2.18. The summed E-state index contributed by atoms with van der Waals surface area (Å²) in [5.74, 6) is -0.363. The zero-order chi connectivity index (χ0) is 18.9. The van der Waals surface area contributed by atoms with Gasteiger partial charge in [-0.1, -0.05) is 30.3 Å². The lowest BCUT2D eigenvalue weighted by atomic mass is 10.1. The number of ether oxygens (including phenoxy) is 1. The Bertz CT molecular complexity index is 776. The third kappa shape index (κ3) is 6.37. The van der Waals surface area contributed by atoms with Crippen LogP contribution in [0.25, 0.3) is 0 Å². The number of amides is 1. The molecule has 0 aromatic heterocycles. The van der Waals surface area contributed by atoms with Gasteiger partial charge in [0.2, 0.25) is 0 Å². The van der Waals surface area contributed by atoms with E-state index in [1.54, 1.807) is 36.0 Å². The fraction of sp³-hybridized carbons (Fsp3) is 0.250. The number of rotatable bonds is 8. The zero-order valence-corrected chi connectivity index (χ0v) is 15.5. The molecule has 2 aromatic carbocycles. The number of hydrogen-bond donors (Lipinski definition) is 1. The Morgan fingerprint density at radius 1 is 1.08 bits per heavy atom. The zero-order valence-electron chi connectivity index (χ0n) is 14.7. The number of carbonyl (C=O) groups excluding carboxylic acids is 3. The number of anilines is 1. The van der Waals surface area contributed by atoms with E-state index in [0.717, 1.165) is 4.90 Å². The van der Waals surface area contributed by atoms with Crippen LogP contribution in [-0.4, -0.2) is 29.5 Å². The van der Waals surface area contributed by atoms with Gasteiger partial charge in [-0.15, -0.1) is 11.8 Å². The molecule has 0 aliphatic carbocycles. The van der Waals surface area contributed by atoms with Crippen LogP contribution in [0, 0.1) is 0 Å². The average molecular weight is 371 g/mol. The van der Waals surface area contributed by atoms with Gasteiger partial charge in [-0.05, 0) is 38.1 Å². The van der Waals surface area contributed by atoms with E-state index in [4.69, 9.17) is 4.74 Å². The molecule has 1 amide bonds. The Morgan fingerprint density at radius 2 is 1.81 bits per heavy atom. The van der Waals surface area contributed by atoms with Crippen molar-refractivity contribution in [2.75, 3.05) is 11.1 Å². The van der Waals surface area contributed by atoms with Gasteiger partial charge in [0, 0.05) is 21.9 Å². The van der Waals surface area contributed by atoms with Gasteiger partial charge in [0.25, 0.3) is 5.91 Å². The molecule has 2 aromatic rings. The summed E-state index contributed by atoms with van der Waals surface area (Å²) in [5.41, 5.74) is 0.996. The quantitative estimate of drug-likeness (QED) is 0.432. The number of nitrogens with one attached hydrogen (secondary N) is 1. The largest absolute Gasteiger partial charge is 0.453 e. The van der Waals surface area contributed by atoms with Gasteiger partial charge in [-0.3, -0.25) is 14.4 Å². The Kier molecular flexibility index (Phi) is 7.41. The van der Waals surface area contributed by atoms with Gasteiger partial charge in [-0.25, -0.2) is 0 Å². The van der Waals surface area contributed by atoms with Crippen LogP contribution in [0.5, 0.6) is 0 Å². The maximum atomic E-state index is 12.1. The first-order chi connectivity index (χ1) is 12.5. The minimum absolute atomic E-state index is 0.0866. The van der Waals surface area contributed by atoms with Crippen LogP contribution >= 0.6 is 11.8 Å². The SMILES string of the molecule is CC(=O)c1cccc(NC(=O)[C@@H](C)OC(=O)CCSc2ccccc2)c1. The summed E-state index contributed by atoms with van der Waals surface area (Å²) in [5, 5.41) is 2.65.